The fraction of sp³-hybridized carbons (Fsp3) is 0.429. The molecule has 1 aromatic heterocycles. The van der Waals surface area contributed by atoms with Gasteiger partial charge >= 0.3 is 0 Å². The first-order valence-corrected chi connectivity index (χ1v) is 9.45. The van der Waals surface area contributed by atoms with Crippen LogP contribution in [0.5, 0.6) is 0 Å². The second-order valence-corrected chi connectivity index (χ2v) is 8.41. The van der Waals surface area contributed by atoms with Crippen LogP contribution < -0.4 is 10.0 Å². The molecule has 0 saturated carbocycles. The summed E-state index contributed by atoms with van der Waals surface area (Å²) >= 11 is 1.47. The zero-order valence-corrected chi connectivity index (χ0v) is 14.0. The fourth-order valence-corrected chi connectivity index (χ4v) is 4.79. The molecule has 2 N–H and O–H groups in total. The zero-order chi connectivity index (χ0) is 16.1. The summed E-state index contributed by atoms with van der Waals surface area (Å²) < 4.78 is 23.5. The number of primary sulfonamides is 1. The van der Waals surface area contributed by atoms with Crippen LogP contribution in [0.15, 0.2) is 12.1 Å². The summed E-state index contributed by atoms with van der Waals surface area (Å²) in [5.41, 5.74) is 3.09. The van der Waals surface area contributed by atoms with E-state index in [4.69, 9.17) is 5.14 Å². The van der Waals surface area contributed by atoms with Crippen LogP contribution in [0.2, 0.25) is 0 Å². The Morgan fingerprint density at radius 1 is 1.36 bits per heavy atom. The number of nitrogens with zero attached hydrogens (tertiary/aromatic N) is 2. The molecule has 22 heavy (non-hydrogen) atoms. The molecule has 0 bridgehead atoms. The van der Waals surface area contributed by atoms with E-state index in [1.54, 1.807) is 4.90 Å². The van der Waals surface area contributed by atoms with Crippen molar-refractivity contribution >= 4 is 42.6 Å². The number of thiazole rings is 1. The van der Waals surface area contributed by atoms with Crippen molar-refractivity contribution in [3.05, 3.63) is 23.3 Å². The lowest BCUT2D eigenvalue weighted by Crippen LogP contribution is -2.27. The molecule has 118 valence electrons. The van der Waals surface area contributed by atoms with Crippen molar-refractivity contribution in [1.82, 2.24) is 4.98 Å². The van der Waals surface area contributed by atoms with E-state index in [-0.39, 0.29) is 24.0 Å². The maximum absolute atomic E-state index is 12.2. The van der Waals surface area contributed by atoms with Gasteiger partial charge in [-0.1, -0.05) is 23.5 Å². The van der Waals surface area contributed by atoms with Gasteiger partial charge in [0.15, 0.2) is 5.13 Å². The molecular weight excluding hydrogens is 322 g/mol. The van der Waals surface area contributed by atoms with Crippen molar-refractivity contribution in [2.45, 2.75) is 20.3 Å². The normalized spacial score (nSPS) is 19.3. The maximum Gasteiger partial charge on any atom is 0.229 e. The summed E-state index contributed by atoms with van der Waals surface area (Å²) in [7, 11) is -3.57. The zero-order valence-electron chi connectivity index (χ0n) is 12.4. The topological polar surface area (TPSA) is 93.4 Å². The lowest BCUT2D eigenvalue weighted by molar-refractivity contribution is -0.117. The lowest BCUT2D eigenvalue weighted by atomic mass is 10.1. The SMILES string of the molecule is Cc1ccc(C)c2sc(N3CC(CS(N)(=O)=O)CC3=O)nc12. The number of hydrogen-bond donors (Lipinski definition) is 1. The summed E-state index contributed by atoms with van der Waals surface area (Å²) in [5, 5.41) is 5.71. The van der Waals surface area contributed by atoms with Crippen molar-refractivity contribution in [1.29, 1.82) is 0 Å². The summed E-state index contributed by atoms with van der Waals surface area (Å²) in [6.45, 7) is 4.35. The van der Waals surface area contributed by atoms with Gasteiger partial charge in [0.05, 0.1) is 16.0 Å². The summed E-state index contributed by atoms with van der Waals surface area (Å²) in [6, 6.07) is 4.05. The number of rotatable bonds is 3. The van der Waals surface area contributed by atoms with Crippen LogP contribution in [-0.2, 0) is 14.8 Å². The van der Waals surface area contributed by atoms with Crippen molar-refractivity contribution in [3.63, 3.8) is 0 Å². The number of nitrogens with two attached hydrogens (primary N) is 1. The van der Waals surface area contributed by atoms with Crippen LogP contribution in [0.1, 0.15) is 17.5 Å². The molecule has 1 saturated heterocycles. The highest BCUT2D eigenvalue weighted by Gasteiger charge is 2.34. The maximum atomic E-state index is 12.2. The number of carbonyl (C=O) groups excluding carboxylic acids is 1. The predicted octanol–water partition coefficient (Wildman–Crippen LogP) is 1.55. The first-order chi connectivity index (χ1) is 10.2. The van der Waals surface area contributed by atoms with Gasteiger partial charge in [0.2, 0.25) is 15.9 Å². The standard InChI is InChI=1S/C14H17N3O3S2/c1-8-3-4-9(2)13-12(8)16-14(21-13)17-6-10(5-11(17)18)7-22(15,19)20/h3-4,10H,5-7H2,1-2H3,(H2,15,19,20). The van der Waals surface area contributed by atoms with E-state index in [2.05, 4.69) is 4.98 Å². The van der Waals surface area contributed by atoms with Gasteiger partial charge in [-0.15, -0.1) is 0 Å². The van der Waals surface area contributed by atoms with E-state index in [1.165, 1.54) is 11.3 Å². The number of aryl methyl sites for hydroxylation is 2. The summed E-state index contributed by atoms with van der Waals surface area (Å²) in [5.74, 6) is -0.530. The van der Waals surface area contributed by atoms with Crippen molar-refractivity contribution in [2.75, 3.05) is 17.2 Å². The Kier molecular flexibility index (Phi) is 3.70. The molecule has 1 aliphatic rings. The van der Waals surface area contributed by atoms with Gasteiger partial charge in [0.1, 0.15) is 0 Å². The molecule has 6 nitrogen and oxygen atoms in total. The molecular formula is C14H17N3O3S2. The van der Waals surface area contributed by atoms with Gasteiger partial charge < -0.3 is 0 Å². The average molecular weight is 339 g/mol. The Morgan fingerprint density at radius 3 is 2.68 bits per heavy atom. The molecule has 1 fully saturated rings. The Bertz CT molecular complexity index is 819. The van der Waals surface area contributed by atoms with E-state index in [1.807, 2.05) is 26.0 Å². The van der Waals surface area contributed by atoms with E-state index < -0.39 is 10.0 Å². The predicted molar refractivity (Wildman–Crippen MR) is 87.5 cm³/mol. The molecule has 2 heterocycles. The second-order valence-electron chi connectivity index (χ2n) is 5.78. The fourth-order valence-electron chi connectivity index (χ4n) is 2.77. The van der Waals surface area contributed by atoms with Crippen molar-refractivity contribution < 1.29 is 13.2 Å². The molecule has 0 radical (unpaired) electrons. The van der Waals surface area contributed by atoms with E-state index in [0.29, 0.717) is 11.7 Å². The van der Waals surface area contributed by atoms with Crippen LogP contribution in [0.4, 0.5) is 5.13 Å². The van der Waals surface area contributed by atoms with Gasteiger partial charge in [0, 0.05) is 18.9 Å². The molecule has 8 heteroatoms. The number of amides is 1. The highest BCUT2D eigenvalue weighted by molar-refractivity contribution is 7.89. The summed E-state index contributed by atoms with van der Waals surface area (Å²) in [6.07, 6.45) is 0.199. The average Bonchev–Trinajstić information content (AvgIpc) is 2.96. The van der Waals surface area contributed by atoms with Gasteiger partial charge in [-0.2, -0.15) is 0 Å². The van der Waals surface area contributed by atoms with Gasteiger partial charge in [-0.25, -0.2) is 18.5 Å². The molecule has 1 aromatic carbocycles. The first kappa shape index (κ1) is 15.4. The van der Waals surface area contributed by atoms with Crippen LogP contribution >= 0.6 is 11.3 Å². The van der Waals surface area contributed by atoms with Crippen molar-refractivity contribution in [3.8, 4) is 0 Å². The van der Waals surface area contributed by atoms with Crippen LogP contribution in [0.25, 0.3) is 10.2 Å². The van der Waals surface area contributed by atoms with Crippen LogP contribution in [-0.4, -0.2) is 31.6 Å². The lowest BCUT2D eigenvalue weighted by Gasteiger charge is -2.12. The van der Waals surface area contributed by atoms with E-state index in [9.17, 15) is 13.2 Å². The molecule has 1 atom stereocenters. The molecule has 2 aromatic rings. The number of hydrogen-bond acceptors (Lipinski definition) is 5. The Balaban J connectivity index is 1.93. The van der Waals surface area contributed by atoms with Gasteiger partial charge in [-0.3, -0.25) is 9.69 Å². The third-order valence-corrected chi connectivity index (χ3v) is 5.98. The number of sulfonamides is 1. The third-order valence-electron chi connectivity index (χ3n) is 3.83. The van der Waals surface area contributed by atoms with Gasteiger partial charge in [0.25, 0.3) is 0 Å². The quantitative estimate of drug-likeness (QED) is 0.918. The van der Waals surface area contributed by atoms with E-state index >= 15 is 0 Å². The molecule has 0 spiro atoms. The minimum Gasteiger partial charge on any atom is -0.288 e. The van der Waals surface area contributed by atoms with E-state index in [0.717, 1.165) is 21.3 Å². The molecule has 0 aliphatic carbocycles. The van der Waals surface area contributed by atoms with Crippen LogP contribution in [0, 0.1) is 19.8 Å². The number of aromatic nitrogens is 1. The first-order valence-electron chi connectivity index (χ1n) is 6.92. The molecule has 1 aliphatic heterocycles. The number of benzene rings is 1. The molecule has 1 unspecified atom stereocenters. The monoisotopic (exact) mass is 339 g/mol. The third kappa shape index (κ3) is 2.86. The minimum absolute atomic E-state index is 0.0944. The van der Waals surface area contributed by atoms with Crippen molar-refractivity contribution in [2.24, 2.45) is 11.1 Å². The Labute approximate surface area is 133 Å². The summed E-state index contributed by atoms with van der Waals surface area (Å²) in [4.78, 5) is 18.3. The smallest absolute Gasteiger partial charge is 0.229 e. The number of carbonyl (C=O) groups is 1. The Hall–Kier alpha value is -1.51. The molecule has 1 amide bonds. The minimum atomic E-state index is -3.57. The molecule has 3 rings (SSSR count). The van der Waals surface area contributed by atoms with Crippen LogP contribution in [0.3, 0.4) is 0 Å². The highest BCUT2D eigenvalue weighted by atomic mass is 32.2. The van der Waals surface area contributed by atoms with Gasteiger partial charge in [-0.05, 0) is 25.0 Å². The Morgan fingerprint density at radius 2 is 2.05 bits per heavy atom. The largest absolute Gasteiger partial charge is 0.288 e. The number of fused-ring (bicyclic) bond motifs is 1. The second kappa shape index (κ2) is 5.29. The number of anilines is 1. The highest BCUT2D eigenvalue weighted by Crippen LogP contribution is 2.35.